The van der Waals surface area contributed by atoms with Crippen molar-refractivity contribution in [3.05, 3.63) is 52.3 Å². The fraction of sp³-hybridized carbons (Fsp3) is 0.350. The minimum atomic E-state index is -0.477. The molecule has 0 fully saturated rings. The maximum absolute atomic E-state index is 12.4. The number of ether oxygens (including phenoxy) is 2. The number of nitrogens with one attached hydrogen (secondary N) is 1. The van der Waals surface area contributed by atoms with Crippen molar-refractivity contribution in [2.24, 2.45) is 0 Å². The Balaban J connectivity index is 1.94. The average molecular weight is 389 g/mol. The third kappa shape index (κ3) is 5.23. The highest BCUT2D eigenvalue weighted by Gasteiger charge is 2.23. The zero-order valence-electron chi connectivity index (χ0n) is 15.9. The summed E-state index contributed by atoms with van der Waals surface area (Å²) in [6.07, 6.45) is 0. The van der Waals surface area contributed by atoms with Crippen molar-refractivity contribution in [2.75, 3.05) is 19.0 Å². The summed E-state index contributed by atoms with van der Waals surface area (Å²) in [6.45, 7) is 6.92. The lowest BCUT2D eigenvalue weighted by Crippen LogP contribution is -2.16. The van der Waals surface area contributed by atoms with Gasteiger partial charge < -0.3 is 14.5 Å². The Morgan fingerprint density at radius 1 is 1.07 bits per heavy atom. The molecule has 27 heavy (non-hydrogen) atoms. The van der Waals surface area contributed by atoms with E-state index in [9.17, 15) is 14.4 Å². The van der Waals surface area contributed by atoms with Crippen molar-refractivity contribution in [3.63, 3.8) is 0 Å². The molecule has 0 bridgehead atoms. The lowest BCUT2D eigenvalue weighted by Gasteiger charge is -2.06. The fourth-order valence-corrected chi connectivity index (χ4v) is 3.48. The van der Waals surface area contributed by atoms with Crippen molar-refractivity contribution in [2.45, 2.75) is 32.6 Å². The van der Waals surface area contributed by atoms with Crippen molar-refractivity contribution in [1.82, 2.24) is 4.98 Å². The molecule has 0 aliphatic heterocycles. The van der Waals surface area contributed by atoms with Gasteiger partial charge in [0.25, 0.3) is 0 Å². The van der Waals surface area contributed by atoms with Crippen molar-refractivity contribution in [3.8, 4) is 0 Å². The summed E-state index contributed by atoms with van der Waals surface area (Å²) in [5, 5.41) is 0. The number of ketones is 1. The Bertz CT molecular complexity index is 856. The van der Waals surface area contributed by atoms with Crippen LogP contribution < -0.4 is 0 Å². The van der Waals surface area contributed by atoms with E-state index in [1.165, 1.54) is 11.8 Å². The number of aryl methyl sites for hydroxylation is 2. The molecule has 0 saturated carbocycles. The van der Waals surface area contributed by atoms with E-state index in [1.54, 1.807) is 20.8 Å². The highest BCUT2D eigenvalue weighted by Crippen LogP contribution is 2.22. The van der Waals surface area contributed by atoms with E-state index in [0.29, 0.717) is 16.8 Å². The standard InChI is InChI=1S/C20H23NO5S/c1-5-25-20(24)18-13(3)19(21-14(18)4)15(22)10-26-17(23)11-27-16-9-7-6-8-12(16)2/h6-9,21H,5,10-11H2,1-4H3. The third-order valence-corrected chi connectivity index (χ3v) is 5.15. The van der Waals surface area contributed by atoms with Crippen LogP contribution >= 0.6 is 11.8 Å². The molecule has 6 nitrogen and oxygen atoms in total. The van der Waals surface area contributed by atoms with Crippen molar-refractivity contribution in [1.29, 1.82) is 0 Å². The predicted octanol–water partition coefficient (Wildman–Crippen LogP) is 3.63. The number of H-pyrrole nitrogens is 1. The van der Waals surface area contributed by atoms with Crippen LogP contribution in [0.3, 0.4) is 0 Å². The molecule has 2 rings (SSSR count). The van der Waals surface area contributed by atoms with E-state index in [2.05, 4.69) is 4.98 Å². The van der Waals surface area contributed by atoms with Gasteiger partial charge in [-0.2, -0.15) is 0 Å². The first-order valence-corrected chi connectivity index (χ1v) is 9.57. The van der Waals surface area contributed by atoms with Gasteiger partial charge in [-0.15, -0.1) is 11.8 Å². The molecular weight excluding hydrogens is 366 g/mol. The molecule has 0 amide bonds. The number of hydrogen-bond acceptors (Lipinski definition) is 6. The molecule has 0 aliphatic carbocycles. The molecule has 1 N–H and O–H groups in total. The summed E-state index contributed by atoms with van der Waals surface area (Å²) in [7, 11) is 0. The molecule has 1 heterocycles. The molecule has 0 unspecified atom stereocenters. The molecule has 2 aromatic rings. The second kappa shape index (κ2) is 9.41. The van der Waals surface area contributed by atoms with E-state index in [0.717, 1.165) is 10.5 Å². The Hall–Kier alpha value is -2.54. The molecule has 0 radical (unpaired) electrons. The van der Waals surface area contributed by atoms with Crippen molar-refractivity contribution >= 4 is 29.5 Å². The molecule has 1 aromatic heterocycles. The van der Waals surface area contributed by atoms with Crippen molar-refractivity contribution < 1.29 is 23.9 Å². The summed E-state index contributed by atoms with van der Waals surface area (Å²) in [6, 6.07) is 7.73. The molecule has 144 valence electrons. The number of carbonyl (C=O) groups excluding carboxylic acids is 3. The van der Waals surface area contributed by atoms with Gasteiger partial charge in [0.15, 0.2) is 6.61 Å². The van der Waals surface area contributed by atoms with E-state index in [-0.39, 0.29) is 30.4 Å². The van der Waals surface area contributed by atoms with E-state index >= 15 is 0 Å². The molecule has 7 heteroatoms. The van der Waals surface area contributed by atoms with Gasteiger partial charge in [0.2, 0.25) is 5.78 Å². The average Bonchev–Trinajstić information content (AvgIpc) is 2.93. The number of Topliss-reactive ketones (excluding diaryl/α,β-unsaturated/α-hetero) is 1. The summed E-state index contributed by atoms with van der Waals surface area (Å²) in [4.78, 5) is 40.2. The normalized spacial score (nSPS) is 10.5. The number of carbonyl (C=O) groups is 3. The zero-order chi connectivity index (χ0) is 20.0. The van der Waals surface area contributed by atoms with Crippen LogP contribution in [-0.2, 0) is 14.3 Å². The van der Waals surface area contributed by atoms with Crippen LogP contribution in [0.4, 0.5) is 0 Å². The minimum Gasteiger partial charge on any atom is -0.462 e. The number of aromatic nitrogens is 1. The maximum Gasteiger partial charge on any atom is 0.340 e. The number of aromatic amines is 1. The summed E-state index contributed by atoms with van der Waals surface area (Å²) in [5.41, 5.74) is 2.74. The van der Waals surface area contributed by atoms with Crippen LogP contribution in [0.5, 0.6) is 0 Å². The number of benzene rings is 1. The summed E-state index contributed by atoms with van der Waals surface area (Å²) >= 11 is 1.37. The highest BCUT2D eigenvalue weighted by atomic mass is 32.2. The fourth-order valence-electron chi connectivity index (χ4n) is 2.65. The first-order chi connectivity index (χ1) is 12.8. The van der Waals surface area contributed by atoms with Crippen LogP contribution in [-0.4, -0.2) is 41.7 Å². The predicted molar refractivity (Wildman–Crippen MR) is 103 cm³/mol. The van der Waals surface area contributed by atoms with Gasteiger partial charge in [-0.1, -0.05) is 18.2 Å². The molecule has 0 spiro atoms. The monoisotopic (exact) mass is 389 g/mol. The smallest absolute Gasteiger partial charge is 0.340 e. The Morgan fingerprint density at radius 2 is 1.78 bits per heavy atom. The van der Waals surface area contributed by atoms with Gasteiger partial charge in [-0.3, -0.25) is 9.59 Å². The van der Waals surface area contributed by atoms with Gasteiger partial charge in [-0.25, -0.2) is 4.79 Å². The Morgan fingerprint density at radius 3 is 2.44 bits per heavy atom. The SMILES string of the molecule is CCOC(=O)c1c(C)[nH]c(C(=O)COC(=O)CSc2ccccc2C)c1C. The van der Waals surface area contributed by atoms with Crippen LogP contribution in [0.25, 0.3) is 0 Å². The number of esters is 2. The lowest BCUT2D eigenvalue weighted by molar-refractivity contribution is -0.139. The first kappa shape index (κ1) is 20.8. The quantitative estimate of drug-likeness (QED) is 0.421. The Labute approximate surface area is 162 Å². The topological polar surface area (TPSA) is 85.5 Å². The number of thioether (sulfide) groups is 1. The van der Waals surface area contributed by atoms with E-state index in [1.807, 2.05) is 31.2 Å². The van der Waals surface area contributed by atoms with Crippen LogP contribution in [0.15, 0.2) is 29.2 Å². The molecule has 0 saturated heterocycles. The van der Waals surface area contributed by atoms with E-state index in [4.69, 9.17) is 9.47 Å². The summed E-state index contributed by atoms with van der Waals surface area (Å²) < 4.78 is 10.1. The van der Waals surface area contributed by atoms with Gasteiger partial charge in [0.05, 0.1) is 23.6 Å². The zero-order valence-corrected chi connectivity index (χ0v) is 16.7. The highest BCUT2D eigenvalue weighted by molar-refractivity contribution is 8.00. The number of hydrogen-bond donors (Lipinski definition) is 1. The summed E-state index contributed by atoms with van der Waals surface area (Å²) in [5.74, 6) is -1.22. The maximum atomic E-state index is 12.4. The lowest BCUT2D eigenvalue weighted by atomic mass is 10.1. The molecule has 0 atom stereocenters. The Kier molecular flexibility index (Phi) is 7.24. The van der Waals surface area contributed by atoms with Crippen LogP contribution in [0.2, 0.25) is 0 Å². The minimum absolute atomic E-state index is 0.120. The molecule has 0 aliphatic rings. The van der Waals surface area contributed by atoms with Crippen LogP contribution in [0.1, 0.15) is 44.6 Å². The third-order valence-electron chi connectivity index (χ3n) is 4.00. The number of rotatable bonds is 8. The van der Waals surface area contributed by atoms with E-state index < -0.39 is 11.9 Å². The first-order valence-electron chi connectivity index (χ1n) is 8.58. The molecular formula is C20H23NO5S. The van der Waals surface area contributed by atoms with Gasteiger partial charge in [0.1, 0.15) is 0 Å². The van der Waals surface area contributed by atoms with Gasteiger partial charge in [0, 0.05) is 10.6 Å². The second-order valence-electron chi connectivity index (χ2n) is 5.98. The largest absolute Gasteiger partial charge is 0.462 e. The second-order valence-corrected chi connectivity index (χ2v) is 7.00. The van der Waals surface area contributed by atoms with Gasteiger partial charge in [-0.05, 0) is 44.9 Å². The molecule has 1 aromatic carbocycles. The van der Waals surface area contributed by atoms with Gasteiger partial charge >= 0.3 is 11.9 Å². The van der Waals surface area contributed by atoms with Crippen LogP contribution in [0, 0.1) is 20.8 Å².